The molecule has 1 heterocycles. The number of benzene rings is 2. The molecule has 3 aromatic rings. The van der Waals surface area contributed by atoms with Gasteiger partial charge in [0.25, 0.3) is 0 Å². The summed E-state index contributed by atoms with van der Waals surface area (Å²) in [4.78, 5) is 6.20. The zero-order valence-electron chi connectivity index (χ0n) is 17.4. The summed E-state index contributed by atoms with van der Waals surface area (Å²) in [6, 6.07) is 18.6. The van der Waals surface area contributed by atoms with E-state index in [0.29, 0.717) is 6.61 Å². The number of hydrogen-bond acceptors (Lipinski definition) is 5. The Hall–Kier alpha value is -2.89. The van der Waals surface area contributed by atoms with Crippen LogP contribution in [0.1, 0.15) is 22.3 Å². The molecule has 0 spiro atoms. The lowest BCUT2D eigenvalue weighted by molar-refractivity contribution is 0.284. The molecule has 5 heteroatoms. The van der Waals surface area contributed by atoms with E-state index in [1.54, 1.807) is 19.5 Å². The van der Waals surface area contributed by atoms with Gasteiger partial charge in [0, 0.05) is 32.0 Å². The fourth-order valence-electron chi connectivity index (χ4n) is 3.14. The van der Waals surface area contributed by atoms with Crippen LogP contribution in [-0.2, 0) is 26.2 Å². The maximum atomic E-state index is 5.91. The molecule has 0 saturated carbocycles. The SMILES string of the molecule is COc1cc(CNCc2cccc(CN(C)C)c2)ccc1OCc1ccncc1. The average molecular weight is 392 g/mol. The lowest BCUT2D eigenvalue weighted by Crippen LogP contribution is -2.14. The van der Waals surface area contributed by atoms with E-state index in [0.717, 1.165) is 42.3 Å². The van der Waals surface area contributed by atoms with Crippen LogP contribution in [-0.4, -0.2) is 31.1 Å². The first-order valence-electron chi connectivity index (χ1n) is 9.76. The minimum Gasteiger partial charge on any atom is -0.493 e. The molecule has 5 nitrogen and oxygen atoms in total. The van der Waals surface area contributed by atoms with E-state index >= 15 is 0 Å². The fourth-order valence-corrected chi connectivity index (χ4v) is 3.14. The Morgan fingerprint density at radius 3 is 2.28 bits per heavy atom. The number of nitrogens with zero attached hydrogens (tertiary/aromatic N) is 2. The van der Waals surface area contributed by atoms with Crippen molar-refractivity contribution < 1.29 is 9.47 Å². The first kappa shape index (κ1) is 20.8. The summed E-state index contributed by atoms with van der Waals surface area (Å²) in [7, 11) is 5.84. The zero-order valence-corrected chi connectivity index (χ0v) is 17.4. The highest BCUT2D eigenvalue weighted by atomic mass is 16.5. The van der Waals surface area contributed by atoms with Crippen molar-refractivity contribution in [2.75, 3.05) is 21.2 Å². The first-order chi connectivity index (χ1) is 14.1. The van der Waals surface area contributed by atoms with E-state index in [4.69, 9.17) is 9.47 Å². The van der Waals surface area contributed by atoms with Crippen molar-refractivity contribution in [3.63, 3.8) is 0 Å². The number of pyridine rings is 1. The van der Waals surface area contributed by atoms with Crippen molar-refractivity contribution >= 4 is 0 Å². The highest BCUT2D eigenvalue weighted by Gasteiger charge is 2.07. The lowest BCUT2D eigenvalue weighted by atomic mass is 10.1. The minimum atomic E-state index is 0.486. The van der Waals surface area contributed by atoms with Gasteiger partial charge >= 0.3 is 0 Å². The fraction of sp³-hybridized carbons (Fsp3) is 0.292. The van der Waals surface area contributed by atoms with Crippen molar-refractivity contribution in [2.45, 2.75) is 26.2 Å². The van der Waals surface area contributed by atoms with E-state index < -0.39 is 0 Å². The van der Waals surface area contributed by atoms with Crippen molar-refractivity contribution in [2.24, 2.45) is 0 Å². The Bertz CT molecular complexity index is 898. The van der Waals surface area contributed by atoms with Gasteiger partial charge in [-0.1, -0.05) is 30.3 Å². The number of hydrogen-bond donors (Lipinski definition) is 1. The molecule has 2 aromatic carbocycles. The maximum absolute atomic E-state index is 5.91. The molecule has 0 atom stereocenters. The Morgan fingerprint density at radius 1 is 0.828 bits per heavy atom. The van der Waals surface area contributed by atoms with Gasteiger partial charge in [0.15, 0.2) is 11.5 Å². The van der Waals surface area contributed by atoms with Crippen LogP contribution in [0.15, 0.2) is 67.0 Å². The molecule has 3 rings (SSSR count). The van der Waals surface area contributed by atoms with E-state index in [9.17, 15) is 0 Å². The topological polar surface area (TPSA) is 46.6 Å². The third kappa shape index (κ3) is 6.59. The van der Waals surface area contributed by atoms with Crippen LogP contribution in [0.25, 0.3) is 0 Å². The van der Waals surface area contributed by atoms with Crippen molar-refractivity contribution in [1.29, 1.82) is 0 Å². The van der Waals surface area contributed by atoms with Gasteiger partial charge in [-0.05, 0) is 60.6 Å². The Labute approximate surface area is 173 Å². The number of aromatic nitrogens is 1. The van der Waals surface area contributed by atoms with E-state index in [1.807, 2.05) is 24.3 Å². The third-order valence-corrected chi connectivity index (χ3v) is 4.52. The quantitative estimate of drug-likeness (QED) is 0.566. The summed E-state index contributed by atoms with van der Waals surface area (Å²) in [5, 5.41) is 3.51. The molecular formula is C24H29N3O2. The predicted molar refractivity (Wildman–Crippen MR) is 116 cm³/mol. The Kier molecular flexibility index (Phi) is 7.61. The second kappa shape index (κ2) is 10.6. The van der Waals surface area contributed by atoms with Crippen molar-refractivity contribution in [1.82, 2.24) is 15.2 Å². The van der Waals surface area contributed by atoms with Gasteiger partial charge in [-0.3, -0.25) is 4.98 Å². The summed E-state index contributed by atoms with van der Waals surface area (Å²) < 4.78 is 11.4. The first-order valence-corrected chi connectivity index (χ1v) is 9.76. The molecule has 0 amide bonds. The molecule has 0 aliphatic carbocycles. The molecule has 1 N–H and O–H groups in total. The summed E-state index contributed by atoms with van der Waals surface area (Å²) in [6.45, 7) is 3.02. The molecule has 152 valence electrons. The van der Waals surface area contributed by atoms with Crippen molar-refractivity contribution in [3.8, 4) is 11.5 Å². The monoisotopic (exact) mass is 391 g/mol. The van der Waals surface area contributed by atoms with Crippen LogP contribution in [0.2, 0.25) is 0 Å². The van der Waals surface area contributed by atoms with Gasteiger partial charge in [-0.15, -0.1) is 0 Å². The van der Waals surface area contributed by atoms with E-state index in [1.165, 1.54) is 11.1 Å². The second-order valence-corrected chi connectivity index (χ2v) is 7.29. The van der Waals surface area contributed by atoms with Gasteiger partial charge in [-0.2, -0.15) is 0 Å². The molecule has 0 radical (unpaired) electrons. The molecule has 0 unspecified atom stereocenters. The number of methoxy groups -OCH3 is 1. The Balaban J connectivity index is 1.55. The maximum Gasteiger partial charge on any atom is 0.161 e. The predicted octanol–water partition coefficient (Wildman–Crippen LogP) is 4.02. The van der Waals surface area contributed by atoms with Crippen LogP contribution in [0.3, 0.4) is 0 Å². The van der Waals surface area contributed by atoms with Crippen LogP contribution >= 0.6 is 0 Å². The van der Waals surface area contributed by atoms with Gasteiger partial charge < -0.3 is 19.7 Å². The molecule has 1 aromatic heterocycles. The normalized spacial score (nSPS) is 10.9. The van der Waals surface area contributed by atoms with Gasteiger partial charge in [0.05, 0.1) is 7.11 Å². The molecular weight excluding hydrogens is 362 g/mol. The summed E-state index contributed by atoms with van der Waals surface area (Å²) in [5.74, 6) is 1.48. The van der Waals surface area contributed by atoms with Gasteiger partial charge in [0.2, 0.25) is 0 Å². The summed E-state index contributed by atoms with van der Waals surface area (Å²) >= 11 is 0. The third-order valence-electron chi connectivity index (χ3n) is 4.52. The minimum absolute atomic E-state index is 0.486. The van der Waals surface area contributed by atoms with E-state index in [-0.39, 0.29) is 0 Å². The largest absolute Gasteiger partial charge is 0.493 e. The molecule has 0 aliphatic rings. The van der Waals surface area contributed by atoms with Crippen molar-refractivity contribution in [3.05, 3.63) is 89.2 Å². The summed E-state index contributed by atoms with van der Waals surface area (Å²) in [6.07, 6.45) is 3.53. The number of nitrogens with one attached hydrogen (secondary N) is 1. The summed E-state index contributed by atoms with van der Waals surface area (Å²) in [5.41, 5.74) is 4.84. The van der Waals surface area contributed by atoms with Crippen LogP contribution < -0.4 is 14.8 Å². The van der Waals surface area contributed by atoms with Gasteiger partial charge in [-0.25, -0.2) is 0 Å². The van der Waals surface area contributed by atoms with Crippen LogP contribution in [0.4, 0.5) is 0 Å². The van der Waals surface area contributed by atoms with Crippen LogP contribution in [0, 0.1) is 0 Å². The standard InChI is InChI=1S/C24H29N3O2/c1-27(2)17-22-6-4-5-20(13-22)15-26-16-21-7-8-23(24(14-21)28-3)29-18-19-9-11-25-12-10-19/h4-14,26H,15-18H2,1-3H3. The molecule has 29 heavy (non-hydrogen) atoms. The van der Waals surface area contributed by atoms with Gasteiger partial charge in [0.1, 0.15) is 6.61 Å². The molecule has 0 bridgehead atoms. The average Bonchev–Trinajstić information content (AvgIpc) is 2.73. The number of ether oxygens (including phenoxy) is 2. The number of rotatable bonds is 10. The smallest absolute Gasteiger partial charge is 0.161 e. The van der Waals surface area contributed by atoms with E-state index in [2.05, 4.69) is 59.6 Å². The Morgan fingerprint density at radius 2 is 1.55 bits per heavy atom. The van der Waals surface area contributed by atoms with Crippen LogP contribution in [0.5, 0.6) is 11.5 Å². The highest BCUT2D eigenvalue weighted by Crippen LogP contribution is 2.28. The lowest BCUT2D eigenvalue weighted by Gasteiger charge is -2.13. The molecule has 0 aliphatic heterocycles. The molecule has 0 saturated heterocycles. The highest BCUT2D eigenvalue weighted by molar-refractivity contribution is 5.43. The second-order valence-electron chi connectivity index (χ2n) is 7.29. The molecule has 0 fully saturated rings. The zero-order chi connectivity index (χ0) is 20.5.